The Morgan fingerprint density at radius 1 is 1.37 bits per heavy atom. The van der Waals surface area contributed by atoms with E-state index in [1.54, 1.807) is 37.3 Å². The van der Waals surface area contributed by atoms with E-state index in [0.29, 0.717) is 20.8 Å². The molecule has 27 heavy (non-hydrogen) atoms. The van der Waals surface area contributed by atoms with E-state index in [1.807, 2.05) is 6.07 Å². The van der Waals surface area contributed by atoms with E-state index in [0.717, 1.165) is 4.90 Å². The van der Waals surface area contributed by atoms with Gasteiger partial charge in [0.05, 0.1) is 0 Å². The summed E-state index contributed by atoms with van der Waals surface area (Å²) in [5, 5.41) is 13.4. The van der Waals surface area contributed by atoms with Gasteiger partial charge < -0.3 is 5.32 Å². The highest BCUT2D eigenvalue weighted by Gasteiger charge is 2.49. The van der Waals surface area contributed by atoms with Crippen LogP contribution in [0.1, 0.15) is 12.5 Å². The fourth-order valence-corrected chi connectivity index (χ4v) is 4.09. The predicted octanol–water partition coefficient (Wildman–Crippen LogP) is 2.22. The molecule has 1 aromatic heterocycles. The second-order valence-corrected chi connectivity index (χ2v) is 8.08. The molecule has 1 unspecified atom stereocenters. The molecule has 1 fully saturated rings. The van der Waals surface area contributed by atoms with Crippen molar-refractivity contribution >= 4 is 46.1 Å². The van der Waals surface area contributed by atoms with E-state index in [4.69, 9.17) is 0 Å². The number of thioether (sulfide) groups is 1. The molecule has 1 aliphatic heterocycles. The van der Waals surface area contributed by atoms with Crippen LogP contribution in [0.4, 0.5) is 9.93 Å². The van der Waals surface area contributed by atoms with Gasteiger partial charge in [-0.1, -0.05) is 59.5 Å². The van der Waals surface area contributed by atoms with Crippen LogP contribution >= 0.6 is 23.1 Å². The Bertz CT molecular complexity index is 886. The van der Waals surface area contributed by atoms with Gasteiger partial charge in [-0.25, -0.2) is 4.79 Å². The molecule has 8 nitrogen and oxygen atoms in total. The molecule has 3 rings (SSSR count). The minimum Gasteiger partial charge on any atom is -0.319 e. The average molecular weight is 403 g/mol. The van der Waals surface area contributed by atoms with Gasteiger partial charge in [-0.3, -0.25) is 19.8 Å². The Labute approximate surface area is 164 Å². The molecule has 0 saturated carbocycles. The number of nitrogens with one attached hydrogen (secondary N) is 2. The van der Waals surface area contributed by atoms with E-state index in [1.165, 1.54) is 23.1 Å². The van der Waals surface area contributed by atoms with Gasteiger partial charge >= 0.3 is 6.03 Å². The van der Waals surface area contributed by atoms with Crippen LogP contribution in [0.5, 0.6) is 0 Å². The van der Waals surface area contributed by atoms with Crippen molar-refractivity contribution in [2.45, 2.75) is 16.8 Å². The number of carbonyl (C=O) groups excluding carboxylic acids is 3. The van der Waals surface area contributed by atoms with E-state index >= 15 is 0 Å². The normalized spacial score (nSPS) is 19.1. The number of urea groups is 1. The quantitative estimate of drug-likeness (QED) is 0.318. The molecule has 1 saturated heterocycles. The van der Waals surface area contributed by atoms with Crippen LogP contribution in [-0.4, -0.2) is 45.2 Å². The molecular weight excluding hydrogens is 386 g/mol. The minimum absolute atomic E-state index is 0.310. The number of nitrogens with zero attached hydrogens (tertiary/aromatic N) is 3. The SMILES string of the molecule is C=CCSc1nnc(NC(=O)CN2C(=O)NC(C)(c3ccccc3)C2=O)s1. The van der Waals surface area contributed by atoms with Crippen LogP contribution < -0.4 is 10.6 Å². The first-order valence-corrected chi connectivity index (χ1v) is 9.81. The first-order chi connectivity index (χ1) is 12.9. The second-order valence-electron chi connectivity index (χ2n) is 5.83. The molecule has 4 amide bonds. The fourth-order valence-electron chi connectivity index (χ4n) is 2.56. The Kier molecular flexibility index (Phi) is 5.57. The molecule has 1 atom stereocenters. The van der Waals surface area contributed by atoms with Crippen molar-refractivity contribution in [2.24, 2.45) is 0 Å². The third-order valence-corrected chi connectivity index (χ3v) is 5.87. The van der Waals surface area contributed by atoms with Gasteiger partial charge in [-0.05, 0) is 12.5 Å². The standard InChI is InChI=1S/C17H17N5O3S2/c1-3-9-26-16-21-20-14(27-16)18-12(23)10-22-13(24)17(2,19-15(22)25)11-7-5-4-6-8-11/h3-8H,1,9-10H2,2H3,(H,19,25)(H,18,20,23). The molecule has 1 aliphatic rings. The Hall–Kier alpha value is -2.72. The first-order valence-electron chi connectivity index (χ1n) is 8.00. The van der Waals surface area contributed by atoms with Crippen molar-refractivity contribution in [2.75, 3.05) is 17.6 Å². The topological polar surface area (TPSA) is 104 Å². The molecule has 0 spiro atoms. The van der Waals surface area contributed by atoms with Gasteiger partial charge in [0, 0.05) is 5.75 Å². The third-order valence-electron chi connectivity index (χ3n) is 3.91. The smallest absolute Gasteiger partial charge is 0.319 e. The maximum absolute atomic E-state index is 12.8. The summed E-state index contributed by atoms with van der Waals surface area (Å²) in [7, 11) is 0. The Morgan fingerprint density at radius 3 is 2.81 bits per heavy atom. The zero-order valence-electron chi connectivity index (χ0n) is 14.5. The highest BCUT2D eigenvalue weighted by atomic mass is 32.2. The molecule has 2 heterocycles. The molecule has 0 bridgehead atoms. The van der Waals surface area contributed by atoms with E-state index in [9.17, 15) is 14.4 Å². The largest absolute Gasteiger partial charge is 0.325 e. The minimum atomic E-state index is -1.20. The number of hydrogen-bond donors (Lipinski definition) is 2. The lowest BCUT2D eigenvalue weighted by Crippen LogP contribution is -2.42. The maximum atomic E-state index is 12.8. The van der Waals surface area contributed by atoms with E-state index in [2.05, 4.69) is 27.4 Å². The predicted molar refractivity (Wildman–Crippen MR) is 103 cm³/mol. The van der Waals surface area contributed by atoms with Crippen molar-refractivity contribution < 1.29 is 14.4 Å². The number of anilines is 1. The summed E-state index contributed by atoms with van der Waals surface area (Å²) in [5.74, 6) is -0.316. The summed E-state index contributed by atoms with van der Waals surface area (Å²) >= 11 is 2.66. The molecule has 2 N–H and O–H groups in total. The Morgan fingerprint density at radius 2 is 2.11 bits per heavy atom. The van der Waals surface area contributed by atoms with Gasteiger partial charge in [0.1, 0.15) is 12.1 Å². The highest BCUT2D eigenvalue weighted by Crippen LogP contribution is 2.29. The number of benzene rings is 1. The van der Waals surface area contributed by atoms with Crippen molar-refractivity contribution in [3.05, 3.63) is 48.6 Å². The highest BCUT2D eigenvalue weighted by molar-refractivity contribution is 8.01. The van der Waals surface area contributed by atoms with Crippen molar-refractivity contribution in [3.63, 3.8) is 0 Å². The molecule has 10 heteroatoms. The summed E-state index contributed by atoms with van der Waals surface area (Å²) in [6, 6.07) is 8.29. The second kappa shape index (κ2) is 7.89. The van der Waals surface area contributed by atoms with Gasteiger partial charge in [-0.2, -0.15) is 0 Å². The number of hydrogen-bond acceptors (Lipinski definition) is 7. The number of rotatable bonds is 7. The molecule has 1 aromatic carbocycles. The zero-order valence-corrected chi connectivity index (χ0v) is 16.1. The van der Waals surface area contributed by atoms with Crippen molar-refractivity contribution in [3.8, 4) is 0 Å². The first kappa shape index (κ1) is 19.1. The van der Waals surface area contributed by atoms with Crippen LogP contribution in [0.15, 0.2) is 47.3 Å². The molecular formula is C17H17N5O3S2. The van der Waals surface area contributed by atoms with E-state index in [-0.39, 0.29) is 0 Å². The number of imide groups is 1. The van der Waals surface area contributed by atoms with Crippen LogP contribution in [0.3, 0.4) is 0 Å². The van der Waals surface area contributed by atoms with Crippen molar-refractivity contribution in [1.82, 2.24) is 20.4 Å². The van der Waals surface area contributed by atoms with Crippen molar-refractivity contribution in [1.29, 1.82) is 0 Å². The third kappa shape index (κ3) is 4.01. The lowest BCUT2D eigenvalue weighted by atomic mass is 9.92. The summed E-state index contributed by atoms with van der Waals surface area (Å²) in [4.78, 5) is 38.2. The fraction of sp³-hybridized carbons (Fsp3) is 0.235. The number of carbonyl (C=O) groups is 3. The molecule has 0 aliphatic carbocycles. The van der Waals surface area contributed by atoms with Crippen LogP contribution in [0.2, 0.25) is 0 Å². The van der Waals surface area contributed by atoms with Gasteiger partial charge in [0.15, 0.2) is 4.34 Å². The number of aromatic nitrogens is 2. The summed E-state index contributed by atoms with van der Waals surface area (Å²) in [6.45, 7) is 4.85. The van der Waals surface area contributed by atoms with E-state index < -0.39 is 29.9 Å². The van der Waals surface area contributed by atoms with Gasteiger partial charge in [0.2, 0.25) is 11.0 Å². The van der Waals surface area contributed by atoms with Crippen LogP contribution in [0, 0.1) is 0 Å². The van der Waals surface area contributed by atoms with Crippen LogP contribution in [-0.2, 0) is 15.1 Å². The lowest BCUT2D eigenvalue weighted by molar-refractivity contribution is -0.133. The Balaban J connectivity index is 1.66. The van der Waals surface area contributed by atoms with Gasteiger partial charge in [0.25, 0.3) is 5.91 Å². The lowest BCUT2D eigenvalue weighted by Gasteiger charge is -2.21. The molecule has 0 radical (unpaired) electrons. The summed E-state index contributed by atoms with van der Waals surface area (Å²) in [6.07, 6.45) is 1.74. The monoisotopic (exact) mass is 403 g/mol. The zero-order chi connectivity index (χ0) is 19.4. The number of amides is 4. The molecule has 2 aromatic rings. The summed E-state index contributed by atoms with van der Waals surface area (Å²) < 4.78 is 0.692. The molecule has 140 valence electrons. The van der Waals surface area contributed by atoms with Gasteiger partial charge in [-0.15, -0.1) is 16.8 Å². The summed E-state index contributed by atoms with van der Waals surface area (Å²) in [5.41, 5.74) is -0.546. The maximum Gasteiger partial charge on any atom is 0.325 e. The average Bonchev–Trinajstić information content (AvgIpc) is 3.19. The van der Waals surface area contributed by atoms with Crippen LogP contribution in [0.25, 0.3) is 0 Å².